The highest BCUT2D eigenvalue weighted by atomic mass is 16.5. The summed E-state index contributed by atoms with van der Waals surface area (Å²) in [4.78, 5) is 25.5. The topological polar surface area (TPSA) is 67.9 Å². The van der Waals surface area contributed by atoms with E-state index in [1.165, 1.54) is 0 Å². The lowest BCUT2D eigenvalue weighted by molar-refractivity contribution is -0.130. The van der Waals surface area contributed by atoms with Gasteiger partial charge in [-0.05, 0) is 48.4 Å². The second-order valence-electron chi connectivity index (χ2n) is 6.15. The molecule has 0 unspecified atom stereocenters. The Morgan fingerprint density at radius 3 is 2.22 bits per heavy atom. The summed E-state index contributed by atoms with van der Waals surface area (Å²) in [6.45, 7) is 0.985. The molecule has 0 saturated carbocycles. The van der Waals surface area contributed by atoms with Crippen molar-refractivity contribution in [3.8, 4) is 11.5 Å². The third kappa shape index (κ3) is 6.33. The molecule has 0 saturated heterocycles. The molecule has 0 aliphatic rings. The van der Waals surface area contributed by atoms with Gasteiger partial charge in [-0.2, -0.15) is 0 Å². The summed E-state index contributed by atoms with van der Waals surface area (Å²) in [6.07, 6.45) is 1.06. The van der Waals surface area contributed by atoms with Crippen LogP contribution in [-0.2, 0) is 11.3 Å². The minimum Gasteiger partial charge on any atom is -0.497 e. The number of methoxy groups -OCH3 is 1. The number of carbonyl (C=O) groups is 2. The first-order chi connectivity index (χ1) is 13.0. The molecule has 2 amide bonds. The van der Waals surface area contributed by atoms with E-state index < -0.39 is 0 Å². The van der Waals surface area contributed by atoms with Gasteiger partial charge >= 0.3 is 0 Å². The maximum Gasteiger partial charge on any atom is 0.251 e. The monoisotopic (exact) mass is 370 g/mol. The molecule has 6 nitrogen and oxygen atoms in total. The molecule has 0 fully saturated rings. The van der Waals surface area contributed by atoms with E-state index in [4.69, 9.17) is 9.47 Å². The Labute approximate surface area is 160 Å². The summed E-state index contributed by atoms with van der Waals surface area (Å²) in [5, 5.41) is 2.58. The molecule has 27 heavy (non-hydrogen) atoms. The quantitative estimate of drug-likeness (QED) is 0.689. The highest BCUT2D eigenvalue weighted by Gasteiger charge is 2.10. The summed E-state index contributed by atoms with van der Waals surface area (Å²) in [5.74, 6) is 1.47. The van der Waals surface area contributed by atoms with Gasteiger partial charge in [-0.25, -0.2) is 0 Å². The number of hydrogen-bond donors (Lipinski definition) is 1. The van der Waals surface area contributed by atoms with E-state index in [1.54, 1.807) is 38.2 Å². The number of amides is 2. The van der Waals surface area contributed by atoms with Crippen LogP contribution < -0.4 is 14.8 Å². The Bertz CT molecular complexity index is 742. The first kappa shape index (κ1) is 20.3. The molecule has 0 radical (unpaired) electrons. The molecule has 144 valence electrons. The van der Waals surface area contributed by atoms with Crippen LogP contribution in [0.2, 0.25) is 0 Å². The van der Waals surface area contributed by atoms with Crippen LogP contribution in [-0.4, -0.2) is 44.5 Å². The molecule has 0 bridgehead atoms. The van der Waals surface area contributed by atoms with Crippen LogP contribution in [0.3, 0.4) is 0 Å². The van der Waals surface area contributed by atoms with Crippen molar-refractivity contribution in [2.24, 2.45) is 0 Å². The van der Waals surface area contributed by atoms with E-state index >= 15 is 0 Å². The average Bonchev–Trinajstić information content (AvgIpc) is 2.71. The van der Waals surface area contributed by atoms with Gasteiger partial charge in [0.25, 0.3) is 5.91 Å². The zero-order valence-corrected chi connectivity index (χ0v) is 16.0. The van der Waals surface area contributed by atoms with Crippen molar-refractivity contribution in [3.05, 3.63) is 59.7 Å². The van der Waals surface area contributed by atoms with Gasteiger partial charge in [0.15, 0.2) is 0 Å². The van der Waals surface area contributed by atoms with E-state index in [0.717, 1.165) is 17.1 Å². The van der Waals surface area contributed by atoms with Crippen LogP contribution in [0.1, 0.15) is 28.8 Å². The molecule has 0 atom stereocenters. The summed E-state index contributed by atoms with van der Waals surface area (Å²) in [6, 6.07) is 14.6. The van der Waals surface area contributed by atoms with Crippen molar-refractivity contribution >= 4 is 11.8 Å². The fourth-order valence-electron chi connectivity index (χ4n) is 2.54. The smallest absolute Gasteiger partial charge is 0.251 e. The van der Waals surface area contributed by atoms with Gasteiger partial charge < -0.3 is 19.7 Å². The maximum atomic E-state index is 12.3. The van der Waals surface area contributed by atoms with Crippen LogP contribution >= 0.6 is 0 Å². The second kappa shape index (κ2) is 10.2. The summed E-state index contributed by atoms with van der Waals surface area (Å²) in [5.41, 5.74) is 1.58. The van der Waals surface area contributed by atoms with E-state index in [-0.39, 0.29) is 11.8 Å². The fraction of sp³-hybridized carbons (Fsp3) is 0.333. The van der Waals surface area contributed by atoms with E-state index in [2.05, 4.69) is 5.32 Å². The standard InChI is InChI=1S/C21H26N2O4/c1-22-21(25)17-8-6-16(7-9-17)15-23(2)20(24)5-4-14-27-19-12-10-18(26-3)11-13-19/h6-13H,4-5,14-15H2,1-3H3,(H,22,25). The highest BCUT2D eigenvalue weighted by Crippen LogP contribution is 2.17. The minimum absolute atomic E-state index is 0.0590. The molecular formula is C21H26N2O4. The van der Waals surface area contributed by atoms with Gasteiger partial charge in [0, 0.05) is 32.6 Å². The molecule has 0 aliphatic carbocycles. The normalized spacial score (nSPS) is 10.2. The number of hydrogen-bond acceptors (Lipinski definition) is 4. The Balaban J connectivity index is 1.72. The number of nitrogens with one attached hydrogen (secondary N) is 1. The zero-order chi connectivity index (χ0) is 19.6. The van der Waals surface area contributed by atoms with Crippen LogP contribution in [0.25, 0.3) is 0 Å². The zero-order valence-electron chi connectivity index (χ0n) is 16.0. The van der Waals surface area contributed by atoms with Crippen molar-refractivity contribution in [3.63, 3.8) is 0 Å². The number of carbonyl (C=O) groups excluding carboxylic acids is 2. The van der Waals surface area contributed by atoms with Gasteiger partial charge in [-0.3, -0.25) is 9.59 Å². The summed E-state index contributed by atoms with van der Waals surface area (Å²) >= 11 is 0. The molecule has 2 rings (SSSR count). The first-order valence-electron chi connectivity index (χ1n) is 8.85. The molecule has 1 N–H and O–H groups in total. The Morgan fingerprint density at radius 2 is 1.63 bits per heavy atom. The Kier molecular flexibility index (Phi) is 7.67. The van der Waals surface area contributed by atoms with Crippen LogP contribution in [0, 0.1) is 0 Å². The minimum atomic E-state index is -0.122. The highest BCUT2D eigenvalue weighted by molar-refractivity contribution is 5.93. The summed E-state index contributed by atoms with van der Waals surface area (Å²) < 4.78 is 10.7. The van der Waals surface area contributed by atoms with Crippen molar-refractivity contribution in [2.75, 3.05) is 27.8 Å². The number of nitrogens with zero attached hydrogens (tertiary/aromatic N) is 1. The largest absolute Gasteiger partial charge is 0.497 e. The van der Waals surface area contributed by atoms with Crippen LogP contribution in [0.5, 0.6) is 11.5 Å². The molecule has 6 heteroatoms. The van der Waals surface area contributed by atoms with Gasteiger partial charge in [0.1, 0.15) is 11.5 Å². The van der Waals surface area contributed by atoms with Crippen LogP contribution in [0.15, 0.2) is 48.5 Å². The molecule has 0 heterocycles. The van der Waals surface area contributed by atoms with Gasteiger partial charge in [0.05, 0.1) is 13.7 Å². The SMILES string of the molecule is CNC(=O)c1ccc(CN(C)C(=O)CCCOc2ccc(OC)cc2)cc1. The lowest BCUT2D eigenvalue weighted by Crippen LogP contribution is -2.26. The Morgan fingerprint density at radius 1 is 1.00 bits per heavy atom. The third-order valence-electron chi connectivity index (χ3n) is 4.15. The predicted molar refractivity (Wildman–Crippen MR) is 104 cm³/mol. The molecular weight excluding hydrogens is 344 g/mol. The molecule has 2 aromatic rings. The molecule has 0 spiro atoms. The first-order valence-corrected chi connectivity index (χ1v) is 8.85. The Hall–Kier alpha value is -3.02. The maximum absolute atomic E-state index is 12.3. The van der Waals surface area contributed by atoms with E-state index in [1.807, 2.05) is 36.4 Å². The van der Waals surface area contributed by atoms with E-state index in [9.17, 15) is 9.59 Å². The second-order valence-corrected chi connectivity index (χ2v) is 6.15. The van der Waals surface area contributed by atoms with E-state index in [0.29, 0.717) is 31.6 Å². The third-order valence-corrected chi connectivity index (χ3v) is 4.15. The summed E-state index contributed by atoms with van der Waals surface area (Å²) in [7, 11) is 4.99. The molecule has 2 aromatic carbocycles. The number of benzene rings is 2. The van der Waals surface area contributed by atoms with Gasteiger partial charge in [0.2, 0.25) is 5.91 Å². The lowest BCUT2D eigenvalue weighted by Gasteiger charge is -2.17. The van der Waals surface area contributed by atoms with Crippen molar-refractivity contribution < 1.29 is 19.1 Å². The lowest BCUT2D eigenvalue weighted by atomic mass is 10.1. The van der Waals surface area contributed by atoms with Crippen molar-refractivity contribution in [1.82, 2.24) is 10.2 Å². The average molecular weight is 370 g/mol. The van der Waals surface area contributed by atoms with Gasteiger partial charge in [-0.1, -0.05) is 12.1 Å². The fourth-order valence-corrected chi connectivity index (χ4v) is 2.54. The molecule has 0 aliphatic heterocycles. The number of rotatable bonds is 9. The number of ether oxygens (including phenoxy) is 2. The van der Waals surface area contributed by atoms with Crippen molar-refractivity contribution in [1.29, 1.82) is 0 Å². The molecule has 0 aromatic heterocycles. The van der Waals surface area contributed by atoms with Crippen LogP contribution in [0.4, 0.5) is 0 Å². The predicted octanol–water partition coefficient (Wildman–Crippen LogP) is 2.87. The van der Waals surface area contributed by atoms with Gasteiger partial charge in [-0.15, -0.1) is 0 Å². The van der Waals surface area contributed by atoms with Crippen molar-refractivity contribution in [2.45, 2.75) is 19.4 Å².